The van der Waals surface area contributed by atoms with Gasteiger partial charge in [-0.3, -0.25) is 14.4 Å². The molecule has 1 aliphatic heterocycles. The third-order valence-electron chi connectivity index (χ3n) is 4.53. The molecule has 0 unspecified atom stereocenters. The van der Waals surface area contributed by atoms with Crippen LogP contribution in [0.4, 0.5) is 17.1 Å². The average Bonchev–Trinajstić information content (AvgIpc) is 2.61. The van der Waals surface area contributed by atoms with Gasteiger partial charge in [0.25, 0.3) is 10.9 Å². The van der Waals surface area contributed by atoms with E-state index in [1.54, 1.807) is 6.92 Å². The van der Waals surface area contributed by atoms with Gasteiger partial charge >= 0.3 is 5.97 Å². The van der Waals surface area contributed by atoms with Crippen molar-refractivity contribution < 1.29 is 9.53 Å². The topological polar surface area (TPSA) is 75.7 Å². The van der Waals surface area contributed by atoms with Crippen LogP contribution in [0.5, 0.6) is 0 Å². The van der Waals surface area contributed by atoms with E-state index >= 15 is 0 Å². The van der Waals surface area contributed by atoms with E-state index in [0.29, 0.717) is 31.1 Å². The highest BCUT2D eigenvalue weighted by Gasteiger charge is 2.32. The van der Waals surface area contributed by atoms with Gasteiger partial charge in [-0.25, -0.2) is 0 Å². The monoisotopic (exact) mass is 342 g/mol. The summed E-state index contributed by atoms with van der Waals surface area (Å²) < 4.78 is 5.10. The van der Waals surface area contributed by atoms with Crippen LogP contribution in [0.2, 0.25) is 0 Å². The van der Waals surface area contributed by atoms with Crippen LogP contribution in [0.3, 0.4) is 0 Å². The predicted molar refractivity (Wildman–Crippen MR) is 97.4 cm³/mol. The molecule has 0 spiro atoms. The summed E-state index contributed by atoms with van der Waals surface area (Å²) in [5.41, 5.74) is 1.55. The summed E-state index contributed by atoms with van der Waals surface area (Å²) in [6.45, 7) is 5.15. The fraction of sp³-hybridized carbons (Fsp3) is 0.421. The number of piperidine rings is 1. The Hall–Kier alpha value is -2.63. The molecular weight excluding hydrogens is 320 g/mol. The van der Waals surface area contributed by atoms with E-state index in [-0.39, 0.29) is 11.9 Å². The molecule has 2 aromatic carbocycles. The van der Waals surface area contributed by atoms with Crippen LogP contribution in [-0.2, 0) is 9.53 Å². The number of esters is 1. The Labute approximate surface area is 146 Å². The number of carbonyl (C=O) groups is 1. The molecule has 1 aliphatic rings. The normalized spacial score (nSPS) is 17.5. The maximum Gasteiger partial charge on any atom is 0.310 e. The summed E-state index contributed by atoms with van der Waals surface area (Å²) in [5.74, 6) is -0.496. The quantitative estimate of drug-likeness (QED) is 0.663. The van der Waals surface area contributed by atoms with E-state index in [1.165, 1.54) is 0 Å². The highest BCUT2D eigenvalue weighted by Crippen LogP contribution is 2.29. The third kappa shape index (κ3) is 3.43. The van der Waals surface area contributed by atoms with Gasteiger partial charge in [-0.15, -0.1) is 0 Å². The molecule has 1 N–H and O–H groups in total. The zero-order valence-corrected chi connectivity index (χ0v) is 14.5. The molecule has 1 saturated heterocycles. The van der Waals surface area contributed by atoms with Crippen molar-refractivity contribution in [1.82, 2.24) is 0 Å². The minimum Gasteiger partial charge on any atom is -0.466 e. The SMILES string of the molecule is CCOC(=O)[C@@H]1CCCN(c2c(Nc3cccc(C)c3)c(=O)c2=O)C1. The van der Waals surface area contributed by atoms with Crippen LogP contribution in [0, 0.1) is 12.8 Å². The number of hydrogen-bond donors (Lipinski definition) is 1. The van der Waals surface area contributed by atoms with Crippen molar-refractivity contribution in [3.8, 4) is 0 Å². The van der Waals surface area contributed by atoms with Gasteiger partial charge in [0.05, 0.1) is 12.5 Å². The molecule has 6 nitrogen and oxygen atoms in total. The Morgan fingerprint density at radius 1 is 1.32 bits per heavy atom. The van der Waals surface area contributed by atoms with E-state index < -0.39 is 10.9 Å². The fourth-order valence-electron chi connectivity index (χ4n) is 3.30. The number of anilines is 3. The first-order valence-corrected chi connectivity index (χ1v) is 8.59. The zero-order valence-electron chi connectivity index (χ0n) is 14.5. The van der Waals surface area contributed by atoms with Gasteiger partial charge in [0.15, 0.2) is 0 Å². The summed E-state index contributed by atoms with van der Waals surface area (Å²) in [4.78, 5) is 38.0. The summed E-state index contributed by atoms with van der Waals surface area (Å²) in [6, 6.07) is 7.62. The van der Waals surface area contributed by atoms with Crippen LogP contribution in [0.15, 0.2) is 33.9 Å². The molecule has 0 bridgehead atoms. The van der Waals surface area contributed by atoms with Crippen LogP contribution < -0.4 is 21.1 Å². The lowest BCUT2D eigenvalue weighted by atomic mass is 9.96. The van der Waals surface area contributed by atoms with Gasteiger partial charge < -0.3 is 15.0 Å². The number of benzene rings is 1. The molecule has 132 valence electrons. The third-order valence-corrected chi connectivity index (χ3v) is 4.53. The smallest absolute Gasteiger partial charge is 0.310 e. The second-order valence-electron chi connectivity index (χ2n) is 6.41. The number of aryl methyl sites for hydroxylation is 1. The maximum absolute atomic E-state index is 12.1. The summed E-state index contributed by atoms with van der Waals surface area (Å²) in [7, 11) is 0. The minimum absolute atomic E-state index is 0.237. The lowest BCUT2D eigenvalue weighted by molar-refractivity contribution is -0.148. The van der Waals surface area contributed by atoms with Crippen molar-refractivity contribution in [3.63, 3.8) is 0 Å². The first kappa shape index (κ1) is 17.2. The first-order valence-electron chi connectivity index (χ1n) is 8.59. The number of ether oxygens (including phenoxy) is 1. The van der Waals surface area contributed by atoms with Crippen LogP contribution >= 0.6 is 0 Å². The molecule has 3 rings (SSSR count). The Balaban J connectivity index is 1.81. The van der Waals surface area contributed by atoms with Crippen LogP contribution in [0.25, 0.3) is 0 Å². The highest BCUT2D eigenvalue weighted by molar-refractivity contribution is 5.81. The number of hydrogen-bond acceptors (Lipinski definition) is 6. The molecule has 6 heteroatoms. The summed E-state index contributed by atoms with van der Waals surface area (Å²) >= 11 is 0. The molecule has 1 heterocycles. The van der Waals surface area contributed by atoms with E-state index in [2.05, 4.69) is 5.32 Å². The number of nitrogens with zero attached hydrogens (tertiary/aromatic N) is 1. The minimum atomic E-state index is -0.505. The highest BCUT2D eigenvalue weighted by atomic mass is 16.5. The van der Waals surface area contributed by atoms with Crippen molar-refractivity contribution in [3.05, 3.63) is 50.3 Å². The van der Waals surface area contributed by atoms with E-state index in [4.69, 9.17) is 4.74 Å². The molecule has 0 aliphatic carbocycles. The molecular formula is C19H22N2O4. The molecule has 0 aromatic heterocycles. The fourth-order valence-corrected chi connectivity index (χ4v) is 3.30. The molecule has 1 fully saturated rings. The lowest BCUT2D eigenvalue weighted by Crippen LogP contribution is -2.47. The molecule has 0 saturated carbocycles. The van der Waals surface area contributed by atoms with Gasteiger partial charge in [0.1, 0.15) is 11.4 Å². The molecule has 1 atom stereocenters. The van der Waals surface area contributed by atoms with Crippen LogP contribution in [0.1, 0.15) is 25.3 Å². The van der Waals surface area contributed by atoms with Gasteiger partial charge in [-0.1, -0.05) is 12.1 Å². The Morgan fingerprint density at radius 2 is 2.12 bits per heavy atom. The van der Waals surface area contributed by atoms with Crippen LogP contribution in [-0.4, -0.2) is 25.7 Å². The molecule has 25 heavy (non-hydrogen) atoms. The second kappa shape index (κ2) is 7.09. The molecule has 0 radical (unpaired) electrons. The predicted octanol–water partition coefficient (Wildman–Crippen LogP) is 2.11. The van der Waals surface area contributed by atoms with Crippen molar-refractivity contribution in [2.24, 2.45) is 5.92 Å². The largest absolute Gasteiger partial charge is 0.466 e. The van der Waals surface area contributed by atoms with Crippen molar-refractivity contribution >= 4 is 23.0 Å². The lowest BCUT2D eigenvalue weighted by Gasteiger charge is -2.34. The van der Waals surface area contributed by atoms with Gasteiger partial charge in [-0.05, 0) is 44.4 Å². The Bertz CT molecular complexity index is 851. The molecule has 0 amide bonds. The van der Waals surface area contributed by atoms with Gasteiger partial charge in [-0.2, -0.15) is 0 Å². The number of nitrogens with one attached hydrogen (secondary N) is 1. The standard InChI is InChI=1S/C19H22N2O4/c1-3-25-19(24)13-7-5-9-21(11-13)16-15(17(22)18(16)23)20-14-8-4-6-12(2)10-14/h4,6,8,10,13,20H,3,5,7,9,11H2,1-2H3/t13-/m1/s1. The first-order chi connectivity index (χ1) is 12.0. The van der Waals surface area contributed by atoms with Crippen molar-refractivity contribution in [2.75, 3.05) is 29.9 Å². The Morgan fingerprint density at radius 3 is 2.84 bits per heavy atom. The molecule has 2 aromatic rings. The Kier molecular flexibility index (Phi) is 4.88. The van der Waals surface area contributed by atoms with Gasteiger partial charge in [0, 0.05) is 18.8 Å². The van der Waals surface area contributed by atoms with E-state index in [1.807, 2.05) is 36.1 Å². The average molecular weight is 342 g/mol. The second-order valence-corrected chi connectivity index (χ2v) is 6.41. The number of rotatable bonds is 5. The summed E-state index contributed by atoms with van der Waals surface area (Å²) in [6.07, 6.45) is 1.53. The van der Waals surface area contributed by atoms with E-state index in [0.717, 1.165) is 24.1 Å². The van der Waals surface area contributed by atoms with Crippen molar-refractivity contribution in [1.29, 1.82) is 0 Å². The van der Waals surface area contributed by atoms with Gasteiger partial charge in [0.2, 0.25) is 0 Å². The van der Waals surface area contributed by atoms with E-state index in [9.17, 15) is 14.4 Å². The van der Waals surface area contributed by atoms with Crippen molar-refractivity contribution in [2.45, 2.75) is 26.7 Å². The maximum atomic E-state index is 12.1. The zero-order chi connectivity index (χ0) is 18.0. The summed E-state index contributed by atoms with van der Waals surface area (Å²) in [5, 5.41) is 3.07. The number of carbonyl (C=O) groups excluding carboxylic acids is 1.